The maximum atomic E-state index is 11.6. The van der Waals surface area contributed by atoms with Crippen molar-refractivity contribution in [3.05, 3.63) is 0 Å². The molecule has 0 rings (SSSR count). The summed E-state index contributed by atoms with van der Waals surface area (Å²) in [5.41, 5.74) is -0.551. The Balaban J connectivity index is 3.76. The highest BCUT2D eigenvalue weighted by molar-refractivity contribution is 5.79. The number of carbonyl (C=O) groups is 1. The summed E-state index contributed by atoms with van der Waals surface area (Å²) in [6.07, 6.45) is -2.99. The summed E-state index contributed by atoms with van der Waals surface area (Å²) in [6, 6.07) is 0. The van der Waals surface area contributed by atoms with Gasteiger partial charge in [-0.3, -0.25) is 4.79 Å². The van der Waals surface area contributed by atoms with Gasteiger partial charge in [0.15, 0.2) is 0 Å². The van der Waals surface area contributed by atoms with Gasteiger partial charge in [0.25, 0.3) is 5.91 Å². The fraction of sp³-hybridized carbons (Fsp3) is 0.857. The number of alkyl halides is 2. The zero-order valence-electron chi connectivity index (χ0n) is 7.10. The highest BCUT2D eigenvalue weighted by atomic mass is 19.3. The predicted molar refractivity (Wildman–Crippen MR) is 39.9 cm³/mol. The normalized spacial score (nSPS) is 11.8. The highest BCUT2D eigenvalue weighted by Gasteiger charge is 2.20. The fourth-order valence-electron chi connectivity index (χ4n) is 0.459. The third kappa shape index (κ3) is 4.23. The lowest BCUT2D eigenvalue weighted by Crippen LogP contribution is -2.38. The predicted octanol–water partition coefficient (Wildman–Crippen LogP) is 0.386. The van der Waals surface area contributed by atoms with Crippen LogP contribution in [0.3, 0.4) is 0 Å². The van der Waals surface area contributed by atoms with Gasteiger partial charge in [0.05, 0.1) is 0 Å². The highest BCUT2D eigenvalue weighted by Crippen LogP contribution is 2.11. The van der Waals surface area contributed by atoms with Gasteiger partial charge in [-0.25, -0.2) is 0 Å². The minimum absolute atomic E-state index is 0.0483. The van der Waals surface area contributed by atoms with Crippen LogP contribution in [0.15, 0.2) is 0 Å². The van der Waals surface area contributed by atoms with Crippen molar-refractivity contribution in [3.63, 3.8) is 0 Å². The number of hydrogen-bond acceptors (Lipinski definition) is 2. The first-order valence-corrected chi connectivity index (χ1v) is 3.56. The van der Waals surface area contributed by atoms with Crippen LogP contribution in [-0.2, 0) is 4.79 Å². The SMILES string of the molecule is CC(C)(CO)CNC(=O)C(F)F. The van der Waals surface area contributed by atoms with Gasteiger partial charge in [0.1, 0.15) is 0 Å². The molecule has 0 heterocycles. The molecule has 12 heavy (non-hydrogen) atoms. The van der Waals surface area contributed by atoms with Crippen molar-refractivity contribution in [1.29, 1.82) is 0 Å². The Morgan fingerprint density at radius 2 is 2.08 bits per heavy atom. The third-order valence-corrected chi connectivity index (χ3v) is 1.37. The minimum atomic E-state index is -2.99. The number of halogens is 2. The van der Waals surface area contributed by atoms with Crippen molar-refractivity contribution in [1.82, 2.24) is 5.32 Å². The Morgan fingerprint density at radius 1 is 1.58 bits per heavy atom. The lowest BCUT2D eigenvalue weighted by Gasteiger charge is -2.21. The number of amides is 1. The second-order valence-corrected chi connectivity index (χ2v) is 3.34. The largest absolute Gasteiger partial charge is 0.396 e. The molecule has 0 radical (unpaired) electrons. The molecule has 2 N–H and O–H groups in total. The maximum Gasteiger partial charge on any atom is 0.315 e. The molecule has 0 aliphatic heterocycles. The Morgan fingerprint density at radius 3 is 2.42 bits per heavy atom. The number of aliphatic hydroxyl groups is 1. The lowest BCUT2D eigenvalue weighted by atomic mass is 9.95. The number of aliphatic hydroxyl groups excluding tert-OH is 1. The fourth-order valence-corrected chi connectivity index (χ4v) is 0.459. The van der Waals surface area contributed by atoms with E-state index in [9.17, 15) is 13.6 Å². The monoisotopic (exact) mass is 181 g/mol. The average Bonchev–Trinajstić information content (AvgIpc) is 2.00. The van der Waals surface area contributed by atoms with Gasteiger partial charge >= 0.3 is 6.43 Å². The lowest BCUT2D eigenvalue weighted by molar-refractivity contribution is -0.132. The van der Waals surface area contributed by atoms with E-state index in [1.807, 2.05) is 5.32 Å². The number of carbonyl (C=O) groups excluding carboxylic acids is 1. The van der Waals surface area contributed by atoms with Crippen molar-refractivity contribution < 1.29 is 18.7 Å². The summed E-state index contributed by atoms with van der Waals surface area (Å²) in [5.74, 6) is -1.29. The molecule has 0 aliphatic carbocycles. The van der Waals surface area contributed by atoms with Crippen LogP contribution >= 0.6 is 0 Å². The molecule has 0 saturated heterocycles. The molecule has 0 aromatic carbocycles. The van der Waals surface area contributed by atoms with Crippen LogP contribution in [0.1, 0.15) is 13.8 Å². The van der Waals surface area contributed by atoms with E-state index < -0.39 is 17.7 Å². The Bertz CT molecular complexity index is 159. The van der Waals surface area contributed by atoms with E-state index in [1.165, 1.54) is 0 Å². The van der Waals surface area contributed by atoms with Crippen molar-refractivity contribution in [2.45, 2.75) is 20.3 Å². The van der Waals surface area contributed by atoms with Gasteiger partial charge in [0, 0.05) is 18.6 Å². The first-order chi connectivity index (χ1) is 5.39. The third-order valence-electron chi connectivity index (χ3n) is 1.37. The van der Waals surface area contributed by atoms with Gasteiger partial charge in [-0.2, -0.15) is 8.78 Å². The van der Waals surface area contributed by atoms with Crippen LogP contribution in [0, 0.1) is 5.41 Å². The zero-order chi connectivity index (χ0) is 9.78. The van der Waals surface area contributed by atoms with Gasteiger partial charge in [-0.05, 0) is 0 Å². The first kappa shape index (κ1) is 11.3. The standard InChI is InChI=1S/C7H13F2NO2/c1-7(2,4-11)3-10-6(12)5(8)9/h5,11H,3-4H2,1-2H3,(H,10,12). The van der Waals surface area contributed by atoms with Crippen LogP contribution in [0.4, 0.5) is 8.78 Å². The van der Waals surface area contributed by atoms with E-state index in [4.69, 9.17) is 5.11 Å². The molecular weight excluding hydrogens is 168 g/mol. The summed E-state index contributed by atoms with van der Waals surface area (Å²) in [4.78, 5) is 10.4. The van der Waals surface area contributed by atoms with Crippen LogP contribution in [0.25, 0.3) is 0 Å². The molecule has 1 amide bonds. The van der Waals surface area contributed by atoms with Crippen LogP contribution < -0.4 is 5.32 Å². The summed E-state index contributed by atoms with van der Waals surface area (Å²) >= 11 is 0. The van der Waals surface area contributed by atoms with Gasteiger partial charge in [-0.15, -0.1) is 0 Å². The molecule has 3 nitrogen and oxygen atoms in total. The minimum Gasteiger partial charge on any atom is -0.396 e. The van der Waals surface area contributed by atoms with Crippen molar-refractivity contribution in [2.75, 3.05) is 13.2 Å². The second-order valence-electron chi connectivity index (χ2n) is 3.34. The van der Waals surface area contributed by atoms with E-state index in [0.29, 0.717) is 0 Å². The maximum absolute atomic E-state index is 11.6. The molecule has 0 fully saturated rings. The number of nitrogens with one attached hydrogen (secondary N) is 1. The number of hydrogen-bond donors (Lipinski definition) is 2. The molecule has 0 unspecified atom stereocenters. The average molecular weight is 181 g/mol. The second kappa shape index (κ2) is 4.35. The summed E-state index contributed by atoms with van der Waals surface area (Å²) in [7, 11) is 0. The smallest absolute Gasteiger partial charge is 0.315 e. The zero-order valence-corrected chi connectivity index (χ0v) is 7.10. The summed E-state index contributed by atoms with van der Waals surface area (Å²) in [6.45, 7) is 3.22. The molecule has 0 aliphatic rings. The molecule has 0 aromatic rings. The van der Waals surface area contributed by atoms with Crippen LogP contribution in [-0.4, -0.2) is 30.6 Å². The quantitative estimate of drug-likeness (QED) is 0.659. The molecule has 0 bridgehead atoms. The summed E-state index contributed by atoms with van der Waals surface area (Å²) in [5, 5.41) is 10.7. The molecular formula is C7H13F2NO2. The van der Waals surface area contributed by atoms with Crippen molar-refractivity contribution in [3.8, 4) is 0 Å². The van der Waals surface area contributed by atoms with Crippen LogP contribution in [0.5, 0.6) is 0 Å². The molecule has 5 heteroatoms. The Labute approximate surface area is 69.8 Å². The van der Waals surface area contributed by atoms with E-state index >= 15 is 0 Å². The van der Waals surface area contributed by atoms with E-state index in [-0.39, 0.29) is 13.2 Å². The van der Waals surface area contributed by atoms with Crippen LogP contribution in [0.2, 0.25) is 0 Å². The molecule has 72 valence electrons. The first-order valence-electron chi connectivity index (χ1n) is 3.56. The van der Waals surface area contributed by atoms with E-state index in [2.05, 4.69) is 0 Å². The van der Waals surface area contributed by atoms with Gasteiger partial charge < -0.3 is 10.4 Å². The van der Waals surface area contributed by atoms with Crippen molar-refractivity contribution in [2.24, 2.45) is 5.41 Å². The Kier molecular flexibility index (Phi) is 4.09. The summed E-state index contributed by atoms with van der Waals surface area (Å²) < 4.78 is 23.3. The molecule has 0 aromatic heterocycles. The topological polar surface area (TPSA) is 49.3 Å². The van der Waals surface area contributed by atoms with Crippen molar-refractivity contribution >= 4 is 5.91 Å². The molecule has 0 saturated carbocycles. The number of rotatable bonds is 4. The van der Waals surface area contributed by atoms with Gasteiger partial charge in [0.2, 0.25) is 0 Å². The van der Waals surface area contributed by atoms with Gasteiger partial charge in [-0.1, -0.05) is 13.8 Å². The molecule has 0 atom stereocenters. The molecule has 0 spiro atoms. The van der Waals surface area contributed by atoms with E-state index in [0.717, 1.165) is 0 Å². The van der Waals surface area contributed by atoms with E-state index in [1.54, 1.807) is 13.8 Å². The Hall–Kier alpha value is -0.710.